The van der Waals surface area contributed by atoms with E-state index in [0.29, 0.717) is 16.7 Å². The first-order valence-electron chi connectivity index (χ1n) is 9.81. The molecule has 6 heteroatoms. The van der Waals surface area contributed by atoms with Crippen molar-refractivity contribution >= 4 is 16.9 Å². The number of hydrogen-bond donors (Lipinski definition) is 1. The minimum atomic E-state index is -0.460. The van der Waals surface area contributed by atoms with Gasteiger partial charge in [-0.25, -0.2) is 4.39 Å². The van der Waals surface area contributed by atoms with Crippen molar-refractivity contribution in [3.63, 3.8) is 0 Å². The minimum Gasteiger partial charge on any atom is -0.504 e. The molecule has 5 nitrogen and oxygen atoms in total. The van der Waals surface area contributed by atoms with Crippen molar-refractivity contribution < 1.29 is 28.2 Å². The maximum atomic E-state index is 13.6. The van der Waals surface area contributed by atoms with Crippen molar-refractivity contribution in [1.29, 1.82) is 0 Å². The zero-order chi connectivity index (χ0) is 21.4. The first-order chi connectivity index (χ1) is 14.0. The fourth-order valence-corrected chi connectivity index (χ4v) is 2.84. The molecule has 3 aromatic rings. The number of fused-ring (bicyclic) bond motifs is 1. The third-order valence-corrected chi connectivity index (χ3v) is 4.12. The lowest BCUT2D eigenvalue weighted by Gasteiger charge is -2.12. The molecule has 0 aliphatic heterocycles. The number of rotatable bonds is 7. The Bertz CT molecular complexity index is 961. The van der Waals surface area contributed by atoms with Crippen molar-refractivity contribution in [2.45, 2.75) is 47.1 Å². The molecule has 3 rings (SSSR count). The Hall–Kier alpha value is -3.02. The second-order valence-electron chi connectivity index (χ2n) is 6.12. The summed E-state index contributed by atoms with van der Waals surface area (Å²) in [7, 11) is 0. The third kappa shape index (κ3) is 5.73. The molecule has 0 bridgehead atoms. The maximum absolute atomic E-state index is 13.6. The molecule has 0 aliphatic carbocycles. The molecule has 1 N–H and O–H groups in total. The number of furan rings is 1. The molecule has 0 saturated heterocycles. The first kappa shape index (κ1) is 22.3. The summed E-state index contributed by atoms with van der Waals surface area (Å²) < 4.78 is 29.9. The van der Waals surface area contributed by atoms with Crippen LogP contribution in [0.2, 0.25) is 0 Å². The maximum Gasteiger partial charge on any atom is 0.310 e. The van der Waals surface area contributed by atoms with E-state index in [0.717, 1.165) is 17.6 Å². The van der Waals surface area contributed by atoms with Gasteiger partial charge in [0, 0.05) is 23.4 Å². The van der Waals surface area contributed by atoms with Crippen LogP contribution in [0.5, 0.6) is 11.5 Å². The highest BCUT2D eigenvalue weighted by molar-refractivity contribution is 5.84. The van der Waals surface area contributed by atoms with Crippen LogP contribution in [0, 0.1) is 5.82 Å². The van der Waals surface area contributed by atoms with E-state index in [4.69, 9.17) is 13.9 Å². The molecule has 0 spiro atoms. The summed E-state index contributed by atoms with van der Waals surface area (Å²) >= 11 is 0. The van der Waals surface area contributed by atoms with Crippen LogP contribution in [-0.4, -0.2) is 17.7 Å². The van der Waals surface area contributed by atoms with Gasteiger partial charge in [-0.1, -0.05) is 26.8 Å². The summed E-state index contributed by atoms with van der Waals surface area (Å²) in [5.41, 5.74) is 1.68. The zero-order valence-corrected chi connectivity index (χ0v) is 17.3. The molecular formula is C23H27FO5. The Balaban J connectivity index is 0.00000145. The average molecular weight is 402 g/mol. The van der Waals surface area contributed by atoms with Crippen LogP contribution in [0.1, 0.15) is 44.6 Å². The first-order valence-corrected chi connectivity index (χ1v) is 9.81. The number of carbonyl (C=O) groups is 1. The highest BCUT2D eigenvalue weighted by Crippen LogP contribution is 2.31. The number of hydrogen-bond acceptors (Lipinski definition) is 5. The Labute approximate surface area is 170 Å². The van der Waals surface area contributed by atoms with Crippen LogP contribution >= 0.6 is 0 Å². The molecule has 29 heavy (non-hydrogen) atoms. The third-order valence-electron chi connectivity index (χ3n) is 4.12. The summed E-state index contributed by atoms with van der Waals surface area (Å²) in [6, 6.07) is 9.29. The number of esters is 1. The van der Waals surface area contributed by atoms with Gasteiger partial charge in [0.05, 0.1) is 13.0 Å². The SMILES string of the molecule is CC.CCOC(=O)Cc1ccc(F)cc1OCc1cc(O)c2oc(CC)cc2c1. The molecule has 0 unspecified atom stereocenters. The lowest BCUT2D eigenvalue weighted by atomic mass is 10.1. The van der Waals surface area contributed by atoms with E-state index in [2.05, 4.69) is 0 Å². The fourth-order valence-electron chi connectivity index (χ4n) is 2.84. The lowest BCUT2D eigenvalue weighted by molar-refractivity contribution is -0.142. The van der Waals surface area contributed by atoms with Gasteiger partial charge in [0.15, 0.2) is 11.3 Å². The van der Waals surface area contributed by atoms with Gasteiger partial charge >= 0.3 is 5.97 Å². The number of aryl methyl sites for hydroxylation is 1. The molecule has 0 atom stereocenters. The number of carbonyl (C=O) groups excluding carboxylic acids is 1. The predicted octanol–water partition coefficient (Wildman–Crippen LogP) is 5.55. The largest absolute Gasteiger partial charge is 0.504 e. The van der Waals surface area contributed by atoms with Crippen molar-refractivity contribution in [3.8, 4) is 11.5 Å². The van der Waals surface area contributed by atoms with Gasteiger partial charge < -0.3 is 19.0 Å². The molecule has 156 valence electrons. The van der Waals surface area contributed by atoms with Crippen LogP contribution < -0.4 is 4.74 Å². The van der Waals surface area contributed by atoms with Crippen molar-refractivity contribution in [1.82, 2.24) is 0 Å². The Morgan fingerprint density at radius 2 is 1.90 bits per heavy atom. The topological polar surface area (TPSA) is 68.9 Å². The van der Waals surface area contributed by atoms with Crippen LogP contribution in [0.25, 0.3) is 11.0 Å². The number of halogens is 1. The number of phenols is 1. The predicted molar refractivity (Wildman–Crippen MR) is 110 cm³/mol. The van der Waals surface area contributed by atoms with E-state index in [9.17, 15) is 14.3 Å². The second-order valence-corrected chi connectivity index (χ2v) is 6.12. The standard InChI is InChI=1S/C21H21FO5.C2H6/c1-3-17-9-15-7-13(8-18(23)21(15)27-17)12-26-19-11-16(22)6-5-14(19)10-20(24)25-4-2;1-2/h5-9,11,23H,3-4,10,12H2,1-2H3;1-2H3. The van der Waals surface area contributed by atoms with Crippen LogP contribution in [-0.2, 0) is 29.0 Å². The second kappa shape index (κ2) is 10.5. The van der Waals surface area contributed by atoms with Gasteiger partial charge in [0.2, 0.25) is 0 Å². The summed E-state index contributed by atoms with van der Waals surface area (Å²) in [6.45, 7) is 8.07. The molecular weight excluding hydrogens is 375 g/mol. The molecule has 0 fully saturated rings. The van der Waals surface area contributed by atoms with E-state index < -0.39 is 11.8 Å². The molecule has 1 heterocycles. The minimum absolute atomic E-state index is 0.00463. The van der Waals surface area contributed by atoms with Gasteiger partial charge in [0.25, 0.3) is 0 Å². The van der Waals surface area contributed by atoms with E-state index in [1.54, 1.807) is 13.0 Å². The molecule has 0 aliphatic rings. The average Bonchev–Trinajstić information content (AvgIpc) is 3.14. The van der Waals surface area contributed by atoms with Gasteiger partial charge in [-0.3, -0.25) is 4.79 Å². The van der Waals surface area contributed by atoms with E-state index in [1.807, 2.05) is 32.9 Å². The van der Waals surface area contributed by atoms with Crippen molar-refractivity contribution in [2.75, 3.05) is 6.61 Å². The Kier molecular flexibility index (Phi) is 8.07. The number of phenolic OH excluding ortho intramolecular Hbond substituents is 1. The summed E-state index contributed by atoms with van der Waals surface area (Å²) in [5, 5.41) is 10.9. The molecule has 2 aromatic carbocycles. The number of benzene rings is 2. The molecule has 0 radical (unpaired) electrons. The fraction of sp³-hybridized carbons (Fsp3) is 0.348. The van der Waals surface area contributed by atoms with E-state index >= 15 is 0 Å². The van der Waals surface area contributed by atoms with Gasteiger partial charge in [-0.05, 0) is 36.8 Å². The van der Waals surface area contributed by atoms with Crippen LogP contribution in [0.3, 0.4) is 0 Å². The van der Waals surface area contributed by atoms with Crippen LogP contribution in [0.15, 0.2) is 40.8 Å². The monoisotopic (exact) mass is 402 g/mol. The normalized spacial score (nSPS) is 10.4. The van der Waals surface area contributed by atoms with Gasteiger partial charge in [0.1, 0.15) is 23.9 Å². The summed E-state index contributed by atoms with van der Waals surface area (Å²) in [4.78, 5) is 11.7. The number of aromatic hydroxyl groups is 1. The van der Waals surface area contributed by atoms with Gasteiger partial charge in [-0.15, -0.1) is 0 Å². The summed E-state index contributed by atoms with van der Waals surface area (Å²) in [6.07, 6.45) is 0.718. The highest BCUT2D eigenvalue weighted by atomic mass is 19.1. The van der Waals surface area contributed by atoms with Crippen molar-refractivity contribution in [2.24, 2.45) is 0 Å². The smallest absolute Gasteiger partial charge is 0.310 e. The molecule has 0 saturated carbocycles. The quantitative estimate of drug-likeness (QED) is 0.525. The van der Waals surface area contributed by atoms with Crippen molar-refractivity contribution in [3.05, 3.63) is 59.1 Å². The van der Waals surface area contributed by atoms with Crippen LogP contribution in [0.4, 0.5) is 4.39 Å². The van der Waals surface area contributed by atoms with E-state index in [-0.39, 0.29) is 31.1 Å². The van der Waals surface area contributed by atoms with Gasteiger partial charge in [-0.2, -0.15) is 0 Å². The van der Waals surface area contributed by atoms with E-state index in [1.165, 1.54) is 18.2 Å². The Morgan fingerprint density at radius 1 is 1.14 bits per heavy atom. The molecule has 1 aromatic heterocycles. The zero-order valence-electron chi connectivity index (χ0n) is 17.3. The summed E-state index contributed by atoms with van der Waals surface area (Å²) in [5.74, 6) is 0.206. The highest BCUT2D eigenvalue weighted by Gasteiger charge is 2.13. The Morgan fingerprint density at radius 3 is 2.59 bits per heavy atom. The number of ether oxygens (including phenoxy) is 2. The lowest BCUT2D eigenvalue weighted by Crippen LogP contribution is -2.09. The molecule has 0 amide bonds.